The Morgan fingerprint density at radius 1 is 1.22 bits per heavy atom. The lowest BCUT2D eigenvalue weighted by Gasteiger charge is -2.13. The number of nitrogens with zero attached hydrogens (tertiary/aromatic N) is 2. The van der Waals surface area contributed by atoms with Crippen molar-refractivity contribution in [2.24, 2.45) is 7.05 Å². The van der Waals surface area contributed by atoms with Crippen molar-refractivity contribution in [2.75, 3.05) is 5.32 Å². The molecule has 122 valence electrons. The van der Waals surface area contributed by atoms with Crippen molar-refractivity contribution in [2.45, 2.75) is 33.1 Å². The van der Waals surface area contributed by atoms with Gasteiger partial charge in [-0.3, -0.25) is 9.48 Å². The van der Waals surface area contributed by atoms with Crippen LogP contribution < -0.4 is 5.32 Å². The van der Waals surface area contributed by atoms with E-state index >= 15 is 0 Å². The van der Waals surface area contributed by atoms with E-state index in [9.17, 15) is 9.59 Å². The minimum absolute atomic E-state index is 0.131. The highest BCUT2D eigenvalue weighted by Gasteiger charge is 2.22. The molecule has 0 saturated carbocycles. The first kappa shape index (κ1) is 16.7. The number of aryl methyl sites for hydroxylation is 2. The third-order valence-corrected chi connectivity index (χ3v) is 3.61. The van der Waals surface area contributed by atoms with E-state index in [2.05, 4.69) is 10.4 Å². The summed E-state index contributed by atoms with van der Waals surface area (Å²) in [6, 6.07) is 6.39. The molecule has 1 amide bonds. The number of amides is 1. The van der Waals surface area contributed by atoms with Gasteiger partial charge in [-0.1, -0.05) is 26.8 Å². The molecule has 0 fully saturated rings. The Morgan fingerprint density at radius 3 is 2.39 bits per heavy atom. The van der Waals surface area contributed by atoms with Crippen LogP contribution >= 0.6 is 0 Å². The topological polar surface area (TPSA) is 84.2 Å². The van der Waals surface area contributed by atoms with Gasteiger partial charge in [0.25, 0.3) is 5.91 Å². The van der Waals surface area contributed by atoms with Gasteiger partial charge in [-0.15, -0.1) is 0 Å². The lowest BCUT2D eigenvalue weighted by molar-refractivity contribution is 0.0696. The van der Waals surface area contributed by atoms with Crippen LogP contribution in [0.5, 0.6) is 0 Å². The normalized spacial score (nSPS) is 11.3. The van der Waals surface area contributed by atoms with E-state index in [1.54, 1.807) is 19.2 Å². The molecule has 1 aromatic heterocycles. The van der Waals surface area contributed by atoms with Crippen LogP contribution in [0.2, 0.25) is 0 Å². The lowest BCUT2D eigenvalue weighted by Crippen LogP contribution is -2.17. The van der Waals surface area contributed by atoms with Crippen molar-refractivity contribution < 1.29 is 14.7 Å². The van der Waals surface area contributed by atoms with Gasteiger partial charge in [-0.05, 0) is 30.7 Å². The molecule has 0 bridgehead atoms. The summed E-state index contributed by atoms with van der Waals surface area (Å²) < 4.78 is 1.53. The van der Waals surface area contributed by atoms with Gasteiger partial charge in [0.05, 0.1) is 11.3 Å². The highest BCUT2D eigenvalue weighted by molar-refractivity contribution is 6.04. The Kier molecular flexibility index (Phi) is 4.27. The van der Waals surface area contributed by atoms with Crippen LogP contribution in [0.3, 0.4) is 0 Å². The molecule has 23 heavy (non-hydrogen) atoms. The summed E-state index contributed by atoms with van der Waals surface area (Å²) in [5, 5.41) is 16.2. The number of hydrogen-bond acceptors (Lipinski definition) is 3. The molecule has 2 N–H and O–H groups in total. The van der Waals surface area contributed by atoms with Gasteiger partial charge in [0.2, 0.25) is 0 Å². The van der Waals surface area contributed by atoms with E-state index < -0.39 is 5.97 Å². The molecule has 1 heterocycles. The minimum atomic E-state index is -1.03. The number of rotatable bonds is 3. The van der Waals surface area contributed by atoms with Gasteiger partial charge < -0.3 is 10.4 Å². The van der Waals surface area contributed by atoms with Crippen LogP contribution in [0, 0.1) is 6.92 Å². The van der Waals surface area contributed by atoms with Crippen LogP contribution in [-0.4, -0.2) is 26.8 Å². The zero-order chi connectivity index (χ0) is 17.4. The van der Waals surface area contributed by atoms with E-state index in [4.69, 9.17) is 5.11 Å². The number of hydrogen-bond donors (Lipinski definition) is 2. The Bertz CT molecular complexity index is 770. The summed E-state index contributed by atoms with van der Waals surface area (Å²) in [6.07, 6.45) is 0. The summed E-state index contributed by atoms with van der Waals surface area (Å²) >= 11 is 0. The lowest BCUT2D eigenvalue weighted by atomic mass is 9.92. The van der Waals surface area contributed by atoms with Crippen molar-refractivity contribution in [1.82, 2.24) is 9.78 Å². The summed E-state index contributed by atoms with van der Waals surface area (Å²) in [6.45, 7) is 7.89. The van der Waals surface area contributed by atoms with Crippen molar-refractivity contribution >= 4 is 17.6 Å². The van der Waals surface area contributed by atoms with Crippen LogP contribution in [0.1, 0.15) is 52.9 Å². The molecule has 2 rings (SSSR count). The first-order chi connectivity index (χ1) is 10.6. The highest BCUT2D eigenvalue weighted by atomic mass is 16.4. The summed E-state index contributed by atoms with van der Waals surface area (Å²) in [4.78, 5) is 23.6. The second-order valence-electron chi connectivity index (χ2n) is 6.58. The van der Waals surface area contributed by atoms with Gasteiger partial charge in [0.1, 0.15) is 5.69 Å². The van der Waals surface area contributed by atoms with Crippen LogP contribution in [0.25, 0.3) is 0 Å². The fourth-order valence-corrected chi connectivity index (χ4v) is 2.12. The molecule has 0 aliphatic carbocycles. The van der Waals surface area contributed by atoms with E-state index in [0.717, 1.165) is 11.3 Å². The monoisotopic (exact) mass is 315 g/mol. The highest BCUT2D eigenvalue weighted by Crippen LogP contribution is 2.23. The minimum Gasteiger partial charge on any atom is -0.478 e. The Labute approximate surface area is 135 Å². The van der Waals surface area contributed by atoms with E-state index in [1.165, 1.54) is 16.8 Å². The predicted octanol–water partition coefficient (Wildman–Crippen LogP) is 2.98. The molecule has 0 aliphatic heterocycles. The average molecular weight is 315 g/mol. The smallest absolute Gasteiger partial charge is 0.335 e. The van der Waals surface area contributed by atoms with E-state index in [-0.39, 0.29) is 16.9 Å². The second kappa shape index (κ2) is 5.87. The molecule has 0 unspecified atom stereocenters. The van der Waals surface area contributed by atoms with Crippen molar-refractivity contribution in [3.05, 3.63) is 46.8 Å². The number of aromatic carboxylic acids is 1. The molecule has 1 aromatic carbocycles. The number of anilines is 1. The quantitative estimate of drug-likeness (QED) is 0.912. The van der Waals surface area contributed by atoms with Crippen LogP contribution in [0.4, 0.5) is 5.69 Å². The zero-order valence-electron chi connectivity index (χ0n) is 14.0. The SMILES string of the molecule is Cc1ccc(C(=O)O)cc1NC(=O)c1cc(C(C)(C)C)nn1C. The number of benzene rings is 1. The molecular formula is C17H21N3O3. The summed E-state index contributed by atoms with van der Waals surface area (Å²) in [5.41, 5.74) is 2.49. The second-order valence-corrected chi connectivity index (χ2v) is 6.58. The third-order valence-electron chi connectivity index (χ3n) is 3.61. The zero-order valence-corrected chi connectivity index (χ0v) is 14.0. The first-order valence-electron chi connectivity index (χ1n) is 7.29. The maximum absolute atomic E-state index is 12.5. The molecule has 0 radical (unpaired) electrons. The molecule has 6 nitrogen and oxygen atoms in total. The fraction of sp³-hybridized carbons (Fsp3) is 0.353. The fourth-order valence-electron chi connectivity index (χ4n) is 2.12. The molecule has 0 spiro atoms. The molecule has 0 atom stereocenters. The third kappa shape index (κ3) is 3.59. The Morgan fingerprint density at radius 2 is 1.87 bits per heavy atom. The van der Waals surface area contributed by atoms with E-state index in [0.29, 0.717) is 11.4 Å². The number of carboxylic acids is 1. The number of aromatic nitrogens is 2. The first-order valence-corrected chi connectivity index (χ1v) is 7.29. The summed E-state index contributed by atoms with van der Waals surface area (Å²) in [7, 11) is 1.71. The Balaban J connectivity index is 2.31. The molecule has 2 aromatic rings. The Hall–Kier alpha value is -2.63. The largest absolute Gasteiger partial charge is 0.478 e. The van der Waals surface area contributed by atoms with Gasteiger partial charge >= 0.3 is 5.97 Å². The van der Waals surface area contributed by atoms with Gasteiger partial charge in [-0.2, -0.15) is 5.10 Å². The van der Waals surface area contributed by atoms with Crippen LogP contribution in [0.15, 0.2) is 24.3 Å². The van der Waals surface area contributed by atoms with Crippen molar-refractivity contribution in [1.29, 1.82) is 0 Å². The van der Waals surface area contributed by atoms with Crippen molar-refractivity contribution in [3.8, 4) is 0 Å². The molecule has 0 aliphatic rings. The number of carbonyl (C=O) groups excluding carboxylic acids is 1. The molecule has 0 saturated heterocycles. The maximum atomic E-state index is 12.5. The number of carboxylic acid groups (broad SMARTS) is 1. The van der Waals surface area contributed by atoms with Gasteiger partial charge in [0.15, 0.2) is 0 Å². The standard InChI is InChI=1S/C17H21N3O3/c1-10-6-7-11(16(22)23)8-12(10)18-15(21)13-9-14(17(2,3)4)19-20(13)5/h6-9H,1-5H3,(H,18,21)(H,22,23). The van der Waals surface area contributed by atoms with Crippen molar-refractivity contribution in [3.63, 3.8) is 0 Å². The maximum Gasteiger partial charge on any atom is 0.335 e. The average Bonchev–Trinajstić information content (AvgIpc) is 2.83. The van der Waals surface area contributed by atoms with Gasteiger partial charge in [-0.25, -0.2) is 4.79 Å². The van der Waals surface area contributed by atoms with Gasteiger partial charge in [0, 0.05) is 18.2 Å². The molecular weight excluding hydrogens is 294 g/mol. The molecule has 6 heteroatoms. The number of carbonyl (C=O) groups is 2. The predicted molar refractivity (Wildman–Crippen MR) is 88.0 cm³/mol. The van der Waals surface area contributed by atoms with E-state index in [1.807, 2.05) is 27.7 Å². The number of nitrogens with one attached hydrogen (secondary N) is 1. The summed E-state index contributed by atoms with van der Waals surface area (Å²) in [5.74, 6) is -1.35. The van der Waals surface area contributed by atoms with Crippen LogP contribution in [-0.2, 0) is 12.5 Å².